The Bertz CT molecular complexity index is 1050. The molecule has 0 fully saturated rings. The molecule has 4 nitrogen and oxygen atoms in total. The van der Waals surface area contributed by atoms with Crippen LogP contribution in [0.4, 0.5) is 24.5 Å². The number of halogens is 3. The number of nitrogens with zero attached hydrogens (tertiary/aromatic N) is 2. The van der Waals surface area contributed by atoms with Gasteiger partial charge in [0, 0.05) is 13.1 Å². The molecule has 1 aliphatic rings. The number of sulfone groups is 1. The molecule has 8 heteroatoms. The van der Waals surface area contributed by atoms with Crippen LogP contribution in [-0.4, -0.2) is 27.0 Å². The van der Waals surface area contributed by atoms with Crippen LogP contribution < -0.4 is 9.80 Å². The lowest BCUT2D eigenvalue weighted by Gasteiger charge is -2.23. The highest BCUT2D eigenvalue weighted by atomic mass is 32.2. The zero-order valence-electron chi connectivity index (χ0n) is 16.0. The van der Waals surface area contributed by atoms with Crippen molar-refractivity contribution in [3.63, 3.8) is 0 Å². The molecule has 0 amide bonds. The Morgan fingerprint density at radius 2 is 1.55 bits per heavy atom. The molecule has 2 aromatic rings. The summed E-state index contributed by atoms with van der Waals surface area (Å²) in [6, 6.07) is 13.3. The largest absolute Gasteiger partial charge is 0.501 e. The van der Waals surface area contributed by atoms with Crippen molar-refractivity contribution in [2.75, 3.05) is 22.9 Å². The molecule has 0 aliphatic carbocycles. The molecule has 1 heterocycles. The monoisotopic (exact) mass is 422 g/mol. The number of hydrogen-bond donors (Lipinski definition) is 0. The summed E-state index contributed by atoms with van der Waals surface area (Å²) >= 11 is 0. The van der Waals surface area contributed by atoms with Gasteiger partial charge in [-0.05, 0) is 43.7 Å². The minimum Gasteiger partial charge on any atom is -0.326 e. The van der Waals surface area contributed by atoms with Crippen molar-refractivity contribution < 1.29 is 21.6 Å². The molecule has 2 aromatic carbocycles. The third kappa shape index (κ3) is 3.89. The van der Waals surface area contributed by atoms with Crippen LogP contribution in [0.5, 0.6) is 0 Å². The number of alkyl halides is 3. The van der Waals surface area contributed by atoms with Crippen molar-refractivity contribution in [2.45, 2.75) is 24.3 Å². The van der Waals surface area contributed by atoms with Gasteiger partial charge in [0.25, 0.3) is 9.84 Å². The topological polar surface area (TPSA) is 40.6 Å². The Balaban J connectivity index is 2.03. The predicted molar refractivity (Wildman–Crippen MR) is 109 cm³/mol. The fourth-order valence-electron chi connectivity index (χ4n) is 3.30. The van der Waals surface area contributed by atoms with Gasteiger partial charge in [0.15, 0.2) is 0 Å². The molecule has 0 saturated carbocycles. The Hall–Kier alpha value is -2.74. The van der Waals surface area contributed by atoms with E-state index in [-0.39, 0.29) is 0 Å². The van der Waals surface area contributed by atoms with E-state index in [0.717, 1.165) is 23.5 Å². The average Bonchev–Trinajstić information content (AvgIpc) is 2.99. The Labute approximate surface area is 168 Å². The van der Waals surface area contributed by atoms with E-state index in [1.165, 1.54) is 6.07 Å². The first-order valence-corrected chi connectivity index (χ1v) is 10.6. The van der Waals surface area contributed by atoms with Crippen LogP contribution in [0.25, 0.3) is 6.08 Å². The van der Waals surface area contributed by atoms with Crippen molar-refractivity contribution in [3.8, 4) is 0 Å². The number of fused-ring (bicyclic) bond motifs is 1. The molecule has 0 spiro atoms. The first kappa shape index (κ1) is 21.0. The molecule has 154 valence electrons. The Kier molecular flexibility index (Phi) is 5.75. The number of rotatable bonds is 5. The van der Waals surface area contributed by atoms with Crippen LogP contribution in [0, 0.1) is 0 Å². The van der Waals surface area contributed by atoms with Crippen LogP contribution in [0.2, 0.25) is 0 Å². The van der Waals surface area contributed by atoms with Gasteiger partial charge in [-0.15, -0.1) is 0 Å². The highest BCUT2D eigenvalue weighted by molar-refractivity contribution is 7.92. The summed E-state index contributed by atoms with van der Waals surface area (Å²) in [6.07, 6.45) is 5.67. The second kappa shape index (κ2) is 7.94. The maximum Gasteiger partial charge on any atom is 0.501 e. The first-order chi connectivity index (χ1) is 13.7. The molecule has 0 unspecified atom stereocenters. The molecular formula is C21H21F3N2O2S. The summed E-state index contributed by atoms with van der Waals surface area (Å²) in [5, 5.41) is 0. The number of anilines is 2. The standard InChI is InChI=1S/C21H21F3N2O2S/c1-3-25-18-14-13-17(29(27,28)21(22,23)24)15-19(18)26(4-2)20(25)12-8-11-16-9-6-5-7-10-16/h5-15H,3-4H2,1-2H3. The second-order valence-electron chi connectivity index (χ2n) is 6.38. The van der Waals surface area contributed by atoms with Gasteiger partial charge in [-0.1, -0.05) is 42.5 Å². The number of hydrogen-bond acceptors (Lipinski definition) is 4. The number of benzene rings is 2. The highest BCUT2D eigenvalue weighted by Gasteiger charge is 2.47. The van der Waals surface area contributed by atoms with Crippen molar-refractivity contribution in [1.82, 2.24) is 0 Å². The maximum absolute atomic E-state index is 13.0. The molecule has 0 aromatic heterocycles. The van der Waals surface area contributed by atoms with E-state index < -0.39 is 20.2 Å². The van der Waals surface area contributed by atoms with Gasteiger partial charge < -0.3 is 9.80 Å². The van der Waals surface area contributed by atoms with Gasteiger partial charge >= 0.3 is 5.51 Å². The summed E-state index contributed by atoms with van der Waals surface area (Å²) in [4.78, 5) is 3.00. The van der Waals surface area contributed by atoms with E-state index in [0.29, 0.717) is 24.5 Å². The minimum absolute atomic E-state index is 0.444. The van der Waals surface area contributed by atoms with Gasteiger partial charge in [-0.3, -0.25) is 0 Å². The lowest BCUT2D eigenvalue weighted by atomic mass is 10.2. The maximum atomic E-state index is 13.0. The third-order valence-electron chi connectivity index (χ3n) is 4.66. The fourth-order valence-corrected chi connectivity index (χ4v) is 4.08. The Morgan fingerprint density at radius 3 is 2.14 bits per heavy atom. The predicted octanol–water partition coefficient (Wildman–Crippen LogP) is 5.20. The van der Waals surface area contributed by atoms with Crippen LogP contribution in [0.3, 0.4) is 0 Å². The number of allylic oxidation sites excluding steroid dienone is 2. The van der Waals surface area contributed by atoms with E-state index in [4.69, 9.17) is 0 Å². The minimum atomic E-state index is -5.40. The molecule has 0 N–H and O–H groups in total. The molecule has 0 radical (unpaired) electrons. The van der Waals surface area contributed by atoms with Crippen LogP contribution >= 0.6 is 0 Å². The van der Waals surface area contributed by atoms with Crippen molar-refractivity contribution in [3.05, 3.63) is 72.1 Å². The fraction of sp³-hybridized carbons (Fsp3) is 0.238. The highest BCUT2D eigenvalue weighted by Crippen LogP contribution is 2.44. The van der Waals surface area contributed by atoms with Gasteiger partial charge in [0.2, 0.25) is 0 Å². The van der Waals surface area contributed by atoms with E-state index in [9.17, 15) is 21.6 Å². The van der Waals surface area contributed by atoms with Crippen LogP contribution in [0.1, 0.15) is 19.4 Å². The molecular weight excluding hydrogens is 401 g/mol. The lowest BCUT2D eigenvalue weighted by Crippen LogP contribution is -2.28. The van der Waals surface area contributed by atoms with E-state index in [1.807, 2.05) is 72.2 Å². The zero-order chi connectivity index (χ0) is 21.2. The SMILES string of the molecule is CCN1C(=CC=Cc2ccccc2)N(CC)c2cc(S(=O)(=O)C(F)(F)F)ccc21. The summed E-state index contributed by atoms with van der Waals surface area (Å²) in [5.74, 6) is 0.777. The summed E-state index contributed by atoms with van der Waals surface area (Å²) in [7, 11) is -5.40. The third-order valence-corrected chi connectivity index (χ3v) is 6.15. The lowest BCUT2D eigenvalue weighted by molar-refractivity contribution is -0.0435. The summed E-state index contributed by atoms with van der Waals surface area (Å²) in [5.41, 5.74) is -3.20. The van der Waals surface area contributed by atoms with E-state index in [1.54, 1.807) is 0 Å². The van der Waals surface area contributed by atoms with Crippen LogP contribution in [-0.2, 0) is 9.84 Å². The first-order valence-electron chi connectivity index (χ1n) is 9.14. The van der Waals surface area contributed by atoms with Gasteiger partial charge in [0.05, 0.1) is 16.3 Å². The normalized spacial score (nSPS) is 16.1. The van der Waals surface area contributed by atoms with Gasteiger partial charge in [-0.2, -0.15) is 13.2 Å². The molecule has 3 rings (SSSR count). The average molecular weight is 422 g/mol. The molecule has 29 heavy (non-hydrogen) atoms. The van der Waals surface area contributed by atoms with Crippen molar-refractivity contribution >= 4 is 27.3 Å². The molecule has 0 atom stereocenters. The summed E-state index contributed by atoms with van der Waals surface area (Å²) < 4.78 is 62.5. The van der Waals surface area contributed by atoms with E-state index in [2.05, 4.69) is 0 Å². The van der Waals surface area contributed by atoms with Crippen LogP contribution in [0.15, 0.2) is 71.4 Å². The second-order valence-corrected chi connectivity index (χ2v) is 8.32. The zero-order valence-corrected chi connectivity index (χ0v) is 16.8. The quantitative estimate of drug-likeness (QED) is 0.664. The molecule has 0 bridgehead atoms. The molecule has 0 saturated heterocycles. The van der Waals surface area contributed by atoms with E-state index >= 15 is 0 Å². The van der Waals surface area contributed by atoms with Gasteiger partial charge in [0.1, 0.15) is 5.82 Å². The Morgan fingerprint density at radius 1 is 0.931 bits per heavy atom. The van der Waals surface area contributed by atoms with Gasteiger partial charge in [-0.25, -0.2) is 8.42 Å². The summed E-state index contributed by atoms with van der Waals surface area (Å²) in [6.45, 7) is 4.85. The smallest absolute Gasteiger partial charge is 0.326 e. The molecule has 1 aliphatic heterocycles. The van der Waals surface area contributed by atoms with Crippen molar-refractivity contribution in [2.24, 2.45) is 0 Å². The van der Waals surface area contributed by atoms with Crippen molar-refractivity contribution in [1.29, 1.82) is 0 Å².